The van der Waals surface area contributed by atoms with Gasteiger partial charge in [-0.15, -0.1) is 0 Å². The van der Waals surface area contributed by atoms with Crippen molar-refractivity contribution in [2.45, 2.75) is 32.5 Å². The Kier molecular flexibility index (Phi) is 7.17. The molecule has 0 bridgehead atoms. The predicted octanol–water partition coefficient (Wildman–Crippen LogP) is 5.81. The quantitative estimate of drug-likeness (QED) is 0.285. The van der Waals surface area contributed by atoms with E-state index in [0.29, 0.717) is 32.5 Å². The molecule has 41 heavy (non-hydrogen) atoms. The Labute approximate surface area is 235 Å². The van der Waals surface area contributed by atoms with Gasteiger partial charge in [0.1, 0.15) is 6.54 Å². The Morgan fingerprint density at radius 1 is 1.00 bits per heavy atom. The highest BCUT2D eigenvalue weighted by atomic mass is 19.4. The summed E-state index contributed by atoms with van der Waals surface area (Å²) >= 11 is 0. The fourth-order valence-electron chi connectivity index (χ4n) is 5.42. The Morgan fingerprint density at radius 2 is 1.73 bits per heavy atom. The van der Waals surface area contributed by atoms with E-state index in [1.165, 1.54) is 0 Å². The van der Waals surface area contributed by atoms with Crippen molar-refractivity contribution in [1.29, 1.82) is 0 Å². The van der Waals surface area contributed by atoms with Crippen molar-refractivity contribution >= 4 is 22.6 Å². The number of rotatable bonds is 6. The molecule has 0 saturated carbocycles. The Bertz CT molecular complexity index is 1690. The average molecular weight is 559 g/mol. The second-order valence-corrected chi connectivity index (χ2v) is 10.6. The molecule has 0 unspecified atom stereocenters. The van der Waals surface area contributed by atoms with E-state index >= 15 is 0 Å². The highest BCUT2D eigenvalue weighted by Crippen LogP contribution is 2.34. The van der Waals surface area contributed by atoms with Gasteiger partial charge in [0.05, 0.1) is 11.4 Å². The molecule has 5 aromatic rings. The summed E-state index contributed by atoms with van der Waals surface area (Å²) in [5.74, 6) is -0.895. The number of amides is 1. The molecule has 0 aliphatic carbocycles. The number of nitrogens with zero attached hydrogens (tertiary/aromatic N) is 5. The molecule has 210 valence electrons. The van der Waals surface area contributed by atoms with Gasteiger partial charge in [-0.05, 0) is 50.0 Å². The number of alkyl halides is 3. The third kappa shape index (κ3) is 5.92. The van der Waals surface area contributed by atoms with Crippen LogP contribution in [0.5, 0.6) is 0 Å². The molecule has 2 aromatic carbocycles. The van der Waals surface area contributed by atoms with Crippen LogP contribution in [0.15, 0.2) is 72.9 Å². The number of carbonyl (C=O) groups is 1. The molecule has 3 aromatic heterocycles. The van der Waals surface area contributed by atoms with Gasteiger partial charge in [-0.2, -0.15) is 22.8 Å². The summed E-state index contributed by atoms with van der Waals surface area (Å²) in [6.45, 7) is 2.67. The molecule has 7 nitrogen and oxygen atoms in total. The summed E-state index contributed by atoms with van der Waals surface area (Å²) in [5.41, 5.74) is 7.36. The largest absolute Gasteiger partial charge is 0.405 e. The predicted molar refractivity (Wildman–Crippen MR) is 151 cm³/mol. The molecule has 1 aliphatic rings. The zero-order valence-corrected chi connectivity index (χ0v) is 22.5. The van der Waals surface area contributed by atoms with Crippen molar-refractivity contribution in [2.75, 3.05) is 19.6 Å². The molecular formula is C31H29F3N6O. The van der Waals surface area contributed by atoms with Crippen LogP contribution in [-0.2, 0) is 11.3 Å². The lowest BCUT2D eigenvalue weighted by molar-refractivity contribution is -0.141. The lowest BCUT2D eigenvalue weighted by atomic mass is 9.95. The topological polar surface area (TPSA) is 75.4 Å². The SMILES string of the molecule is Cc1cc2ncc3cc(-c4ccccc4)c(-c4ccc(CN5CCC(C(=O)NCC(F)(F)F)CC5)cc4)nc3n2n1. The van der Waals surface area contributed by atoms with Gasteiger partial charge in [-0.25, -0.2) is 9.97 Å². The maximum atomic E-state index is 12.4. The maximum absolute atomic E-state index is 12.4. The molecular weight excluding hydrogens is 529 g/mol. The number of aryl methyl sites for hydroxylation is 1. The van der Waals surface area contributed by atoms with Crippen molar-refractivity contribution < 1.29 is 18.0 Å². The average Bonchev–Trinajstić information content (AvgIpc) is 3.37. The van der Waals surface area contributed by atoms with Crippen LogP contribution in [0.1, 0.15) is 24.1 Å². The molecule has 1 aliphatic heterocycles. The van der Waals surface area contributed by atoms with Crippen LogP contribution in [-0.4, -0.2) is 56.2 Å². The second-order valence-electron chi connectivity index (χ2n) is 10.6. The minimum absolute atomic E-state index is 0.383. The molecule has 10 heteroatoms. The summed E-state index contributed by atoms with van der Waals surface area (Å²) in [6, 6.07) is 22.5. The van der Waals surface area contributed by atoms with E-state index in [4.69, 9.17) is 4.98 Å². The van der Waals surface area contributed by atoms with Crippen molar-refractivity contribution in [3.8, 4) is 22.4 Å². The zero-order chi connectivity index (χ0) is 28.6. The van der Waals surface area contributed by atoms with Crippen LogP contribution in [0, 0.1) is 12.8 Å². The van der Waals surface area contributed by atoms with Crippen LogP contribution in [0.3, 0.4) is 0 Å². The summed E-state index contributed by atoms with van der Waals surface area (Å²) in [7, 11) is 0. The second kappa shape index (κ2) is 10.9. The number of carbonyl (C=O) groups excluding carboxylic acids is 1. The van der Waals surface area contributed by atoms with Gasteiger partial charge in [0.25, 0.3) is 0 Å². The monoisotopic (exact) mass is 558 g/mol. The first-order valence-electron chi connectivity index (χ1n) is 13.6. The highest BCUT2D eigenvalue weighted by Gasteiger charge is 2.31. The Morgan fingerprint density at radius 3 is 2.44 bits per heavy atom. The number of fused-ring (bicyclic) bond motifs is 3. The number of nitrogens with one attached hydrogen (secondary N) is 1. The summed E-state index contributed by atoms with van der Waals surface area (Å²) in [6.07, 6.45) is -1.48. The number of benzene rings is 2. The highest BCUT2D eigenvalue weighted by molar-refractivity contribution is 5.90. The van der Waals surface area contributed by atoms with E-state index in [9.17, 15) is 18.0 Å². The summed E-state index contributed by atoms with van der Waals surface area (Å²) in [4.78, 5) is 24.0. The molecule has 1 saturated heterocycles. The van der Waals surface area contributed by atoms with Crippen molar-refractivity contribution in [3.05, 3.63) is 84.2 Å². The van der Waals surface area contributed by atoms with Crippen molar-refractivity contribution in [2.24, 2.45) is 5.92 Å². The Balaban J connectivity index is 1.22. The first-order chi connectivity index (χ1) is 19.7. The minimum atomic E-state index is -4.39. The molecule has 0 radical (unpaired) electrons. The third-order valence-corrected chi connectivity index (χ3v) is 7.52. The molecule has 1 N–H and O–H groups in total. The van der Waals surface area contributed by atoms with E-state index < -0.39 is 18.6 Å². The lowest BCUT2D eigenvalue weighted by Crippen LogP contribution is -2.42. The number of pyridine rings is 1. The van der Waals surface area contributed by atoms with Gasteiger partial charge < -0.3 is 5.32 Å². The van der Waals surface area contributed by atoms with Gasteiger partial charge >= 0.3 is 6.18 Å². The van der Waals surface area contributed by atoms with Crippen LogP contribution < -0.4 is 5.32 Å². The number of hydrogen-bond donors (Lipinski definition) is 1. The van der Waals surface area contributed by atoms with Crippen molar-refractivity contribution in [3.63, 3.8) is 0 Å². The van der Waals surface area contributed by atoms with Gasteiger partial charge in [0.2, 0.25) is 5.91 Å². The number of hydrogen-bond acceptors (Lipinski definition) is 5. The third-order valence-electron chi connectivity index (χ3n) is 7.52. The molecule has 1 amide bonds. The molecule has 0 spiro atoms. The Hall–Kier alpha value is -4.31. The number of piperidine rings is 1. The molecule has 4 heterocycles. The van der Waals surface area contributed by atoms with Crippen LogP contribution in [0.2, 0.25) is 0 Å². The first-order valence-corrected chi connectivity index (χ1v) is 13.6. The van der Waals surface area contributed by atoms with Gasteiger partial charge in [-0.3, -0.25) is 9.69 Å². The maximum Gasteiger partial charge on any atom is 0.405 e. The van der Waals surface area contributed by atoms with Gasteiger partial charge in [0.15, 0.2) is 11.3 Å². The minimum Gasteiger partial charge on any atom is -0.347 e. The van der Waals surface area contributed by atoms with Crippen LogP contribution >= 0.6 is 0 Å². The fraction of sp³-hybridized carbons (Fsp3) is 0.290. The first kappa shape index (κ1) is 26.9. The number of aromatic nitrogens is 4. The molecule has 1 fully saturated rings. The number of likely N-dealkylation sites (tertiary alicyclic amines) is 1. The summed E-state index contributed by atoms with van der Waals surface area (Å²) < 4.78 is 39.1. The van der Waals surface area contributed by atoms with E-state index in [2.05, 4.69) is 57.4 Å². The fourth-order valence-corrected chi connectivity index (χ4v) is 5.42. The van der Waals surface area contributed by atoms with E-state index in [-0.39, 0.29) is 5.92 Å². The molecule has 6 rings (SSSR count). The van der Waals surface area contributed by atoms with E-state index in [1.807, 2.05) is 42.7 Å². The van der Waals surface area contributed by atoms with Crippen molar-refractivity contribution in [1.82, 2.24) is 29.8 Å². The van der Waals surface area contributed by atoms with E-state index in [1.54, 1.807) is 4.52 Å². The normalized spacial score (nSPS) is 15.0. The van der Waals surface area contributed by atoms with Crippen LogP contribution in [0.25, 0.3) is 39.1 Å². The number of halogens is 3. The molecule has 0 atom stereocenters. The summed E-state index contributed by atoms with van der Waals surface area (Å²) in [5, 5.41) is 7.52. The smallest absolute Gasteiger partial charge is 0.347 e. The van der Waals surface area contributed by atoms with Crippen LogP contribution in [0.4, 0.5) is 13.2 Å². The lowest BCUT2D eigenvalue weighted by Gasteiger charge is -2.31. The zero-order valence-electron chi connectivity index (χ0n) is 22.5. The van der Waals surface area contributed by atoms with Gasteiger partial charge in [-0.1, -0.05) is 54.6 Å². The standard InChI is InChI=1S/C31H29F3N6O/c1-20-15-27-35-17-25-16-26(22-5-3-2-4-6-22)28(37-29(25)40(27)38-20)23-9-7-21(8-10-23)18-39-13-11-24(12-14-39)30(41)36-19-31(32,33)34/h2-10,15-17,24H,11-14,18-19H2,1H3,(H,36,41). The van der Waals surface area contributed by atoms with Gasteiger partial charge in [0, 0.05) is 41.2 Å². The van der Waals surface area contributed by atoms with E-state index in [0.717, 1.165) is 50.3 Å².